The average molecular weight is 252 g/mol. The number of carbonyl (C=O) groups excluding carboxylic acids is 2. The van der Waals surface area contributed by atoms with Gasteiger partial charge >= 0.3 is 12.2 Å². The molecule has 0 saturated heterocycles. The predicted molar refractivity (Wildman–Crippen MR) is 64.5 cm³/mol. The number of carbonyl (C=O) groups is 2. The highest BCUT2D eigenvalue weighted by Gasteiger charge is 2.08. The molecule has 2 N–H and O–H groups in total. The molecule has 0 aromatic heterocycles. The lowest BCUT2D eigenvalue weighted by molar-refractivity contribution is 0.0276. The monoisotopic (exact) mass is 252 g/mol. The van der Waals surface area contributed by atoms with Crippen LogP contribution in [0, 0.1) is 0 Å². The highest BCUT2D eigenvalue weighted by atomic mass is 16.7. The molecule has 0 atom stereocenters. The van der Waals surface area contributed by atoms with E-state index >= 15 is 0 Å². The average Bonchev–Trinajstić information content (AvgIpc) is 2.37. The largest absolute Gasteiger partial charge is 0.440 e. The topological polar surface area (TPSA) is 76.7 Å². The Kier molecular flexibility index (Phi) is 6.27. The number of amides is 2. The summed E-state index contributed by atoms with van der Waals surface area (Å²) in [6, 6.07) is 9.29. The fraction of sp³-hybridized carbons (Fsp3) is 0.333. The van der Waals surface area contributed by atoms with Crippen molar-refractivity contribution in [2.45, 2.75) is 20.0 Å². The fourth-order valence-corrected chi connectivity index (χ4v) is 1.12. The van der Waals surface area contributed by atoms with E-state index in [0.717, 1.165) is 12.0 Å². The van der Waals surface area contributed by atoms with Crippen LogP contribution in [0.1, 0.15) is 18.9 Å². The van der Waals surface area contributed by atoms with Crippen molar-refractivity contribution in [3.63, 3.8) is 0 Å². The SMILES string of the molecule is CCCNC(=O)OC(=O)NOCc1ccccc1. The number of rotatable bonds is 5. The van der Waals surface area contributed by atoms with Gasteiger partial charge in [0, 0.05) is 6.54 Å². The summed E-state index contributed by atoms with van der Waals surface area (Å²) in [5.41, 5.74) is 2.91. The maximum absolute atomic E-state index is 11.1. The van der Waals surface area contributed by atoms with Gasteiger partial charge in [0.15, 0.2) is 0 Å². The lowest BCUT2D eigenvalue weighted by Gasteiger charge is -2.06. The van der Waals surface area contributed by atoms with Crippen molar-refractivity contribution in [3.05, 3.63) is 35.9 Å². The van der Waals surface area contributed by atoms with E-state index in [1.807, 2.05) is 42.7 Å². The molecule has 0 spiro atoms. The van der Waals surface area contributed by atoms with Crippen molar-refractivity contribution >= 4 is 12.2 Å². The Morgan fingerprint density at radius 2 is 1.89 bits per heavy atom. The van der Waals surface area contributed by atoms with E-state index in [4.69, 9.17) is 4.84 Å². The summed E-state index contributed by atoms with van der Waals surface area (Å²) in [7, 11) is 0. The van der Waals surface area contributed by atoms with E-state index in [2.05, 4.69) is 10.1 Å². The molecule has 0 fully saturated rings. The van der Waals surface area contributed by atoms with Gasteiger partial charge in [-0.1, -0.05) is 37.3 Å². The van der Waals surface area contributed by atoms with E-state index in [1.54, 1.807) is 0 Å². The van der Waals surface area contributed by atoms with Crippen LogP contribution in [0.25, 0.3) is 0 Å². The second-order valence-electron chi connectivity index (χ2n) is 3.48. The molecule has 0 aliphatic carbocycles. The highest BCUT2D eigenvalue weighted by molar-refractivity contribution is 5.82. The van der Waals surface area contributed by atoms with Crippen LogP contribution in [-0.2, 0) is 16.2 Å². The van der Waals surface area contributed by atoms with E-state index in [9.17, 15) is 9.59 Å². The summed E-state index contributed by atoms with van der Waals surface area (Å²) < 4.78 is 4.37. The quantitative estimate of drug-likeness (QED) is 0.620. The van der Waals surface area contributed by atoms with Gasteiger partial charge in [0.05, 0.1) is 6.61 Å². The zero-order valence-corrected chi connectivity index (χ0v) is 10.1. The van der Waals surface area contributed by atoms with Crippen molar-refractivity contribution in [2.75, 3.05) is 6.54 Å². The minimum Gasteiger partial charge on any atom is -0.358 e. The molecular formula is C12H16N2O4. The minimum absolute atomic E-state index is 0.201. The Bertz CT molecular complexity index is 381. The molecule has 0 bridgehead atoms. The van der Waals surface area contributed by atoms with E-state index in [0.29, 0.717) is 6.54 Å². The van der Waals surface area contributed by atoms with Gasteiger partial charge in [0.2, 0.25) is 0 Å². The van der Waals surface area contributed by atoms with Gasteiger partial charge in [0.25, 0.3) is 0 Å². The number of ether oxygens (including phenoxy) is 1. The van der Waals surface area contributed by atoms with Crippen LogP contribution in [-0.4, -0.2) is 18.7 Å². The Balaban J connectivity index is 2.15. The van der Waals surface area contributed by atoms with Crippen LogP contribution in [0.5, 0.6) is 0 Å². The summed E-state index contributed by atoms with van der Waals surface area (Å²) in [5.74, 6) is 0. The van der Waals surface area contributed by atoms with Crippen molar-refractivity contribution in [3.8, 4) is 0 Å². The maximum atomic E-state index is 11.1. The molecule has 6 nitrogen and oxygen atoms in total. The Morgan fingerprint density at radius 3 is 2.56 bits per heavy atom. The van der Waals surface area contributed by atoms with Crippen LogP contribution < -0.4 is 10.8 Å². The zero-order valence-electron chi connectivity index (χ0n) is 10.1. The maximum Gasteiger partial charge on any atom is 0.440 e. The molecule has 18 heavy (non-hydrogen) atoms. The first-order valence-electron chi connectivity index (χ1n) is 5.63. The van der Waals surface area contributed by atoms with Crippen molar-refractivity contribution in [1.82, 2.24) is 10.8 Å². The molecular weight excluding hydrogens is 236 g/mol. The highest BCUT2D eigenvalue weighted by Crippen LogP contribution is 1.98. The van der Waals surface area contributed by atoms with Gasteiger partial charge < -0.3 is 10.1 Å². The fourth-order valence-electron chi connectivity index (χ4n) is 1.12. The van der Waals surface area contributed by atoms with Crippen LogP contribution >= 0.6 is 0 Å². The number of alkyl carbamates (subject to hydrolysis) is 1. The minimum atomic E-state index is -0.945. The summed E-state index contributed by atoms with van der Waals surface area (Å²) in [4.78, 5) is 27.0. The van der Waals surface area contributed by atoms with Crippen molar-refractivity contribution < 1.29 is 19.2 Å². The summed E-state index contributed by atoms with van der Waals surface area (Å²) in [6.07, 6.45) is -0.974. The smallest absolute Gasteiger partial charge is 0.358 e. The Labute approximate surface area is 105 Å². The lowest BCUT2D eigenvalue weighted by atomic mass is 10.2. The molecule has 1 aromatic carbocycles. The van der Waals surface area contributed by atoms with Crippen molar-refractivity contribution in [1.29, 1.82) is 0 Å². The molecule has 6 heteroatoms. The molecule has 0 aliphatic heterocycles. The number of hydrogen-bond donors (Lipinski definition) is 2. The molecule has 0 aliphatic rings. The summed E-state index contributed by atoms with van der Waals surface area (Å²) >= 11 is 0. The third kappa shape index (κ3) is 5.86. The second kappa shape index (κ2) is 8.08. The number of hydrogen-bond acceptors (Lipinski definition) is 4. The third-order valence-corrected chi connectivity index (χ3v) is 1.94. The van der Waals surface area contributed by atoms with Crippen LogP contribution in [0.3, 0.4) is 0 Å². The molecule has 98 valence electrons. The van der Waals surface area contributed by atoms with E-state index in [1.165, 1.54) is 0 Å². The number of benzene rings is 1. The molecule has 0 heterocycles. The van der Waals surface area contributed by atoms with Crippen LogP contribution in [0.15, 0.2) is 30.3 Å². The van der Waals surface area contributed by atoms with Gasteiger partial charge in [-0.2, -0.15) is 5.48 Å². The van der Waals surface area contributed by atoms with Crippen LogP contribution in [0.4, 0.5) is 9.59 Å². The molecule has 0 radical (unpaired) electrons. The zero-order chi connectivity index (χ0) is 13.2. The number of hydroxylamine groups is 1. The van der Waals surface area contributed by atoms with E-state index < -0.39 is 12.2 Å². The third-order valence-electron chi connectivity index (χ3n) is 1.94. The van der Waals surface area contributed by atoms with Gasteiger partial charge in [0.1, 0.15) is 0 Å². The molecule has 1 aromatic rings. The molecule has 2 amide bonds. The van der Waals surface area contributed by atoms with Crippen LogP contribution in [0.2, 0.25) is 0 Å². The standard InChI is InChI=1S/C12H16N2O4/c1-2-8-13-11(15)18-12(16)14-17-9-10-6-4-3-5-7-10/h3-7H,2,8-9H2,1H3,(H,13,15)(H,14,16). The van der Waals surface area contributed by atoms with Gasteiger partial charge in [-0.25, -0.2) is 9.59 Å². The second-order valence-corrected chi connectivity index (χ2v) is 3.48. The Morgan fingerprint density at radius 1 is 1.17 bits per heavy atom. The summed E-state index contributed by atoms with van der Waals surface area (Å²) in [5, 5.41) is 2.39. The summed E-state index contributed by atoms with van der Waals surface area (Å²) in [6.45, 7) is 2.55. The normalized spacial score (nSPS) is 9.61. The first-order valence-corrected chi connectivity index (χ1v) is 5.63. The molecule has 0 unspecified atom stereocenters. The molecule has 1 rings (SSSR count). The van der Waals surface area contributed by atoms with Gasteiger partial charge in [-0.05, 0) is 12.0 Å². The molecule has 0 saturated carbocycles. The number of nitrogens with one attached hydrogen (secondary N) is 2. The lowest BCUT2D eigenvalue weighted by Crippen LogP contribution is -2.33. The van der Waals surface area contributed by atoms with Crippen molar-refractivity contribution in [2.24, 2.45) is 0 Å². The first kappa shape index (κ1) is 14.0. The van der Waals surface area contributed by atoms with Gasteiger partial charge in [-0.3, -0.25) is 4.84 Å². The predicted octanol–water partition coefficient (Wildman–Crippen LogP) is 1.96. The van der Waals surface area contributed by atoms with E-state index in [-0.39, 0.29) is 6.61 Å². The first-order chi connectivity index (χ1) is 8.72. The Hall–Kier alpha value is -2.08. The van der Waals surface area contributed by atoms with Gasteiger partial charge in [-0.15, -0.1) is 0 Å².